The monoisotopic (exact) mass is 484 g/mol. The van der Waals surface area contributed by atoms with Gasteiger partial charge in [-0.2, -0.15) is 0 Å². The van der Waals surface area contributed by atoms with Crippen molar-refractivity contribution in [3.8, 4) is 0 Å². The Balaban J connectivity index is 1.48. The molecule has 3 aromatic rings. The molecule has 182 valence electrons. The minimum atomic E-state index is -3.85. The number of aromatic nitrogens is 3. The van der Waals surface area contributed by atoms with Gasteiger partial charge in [0.2, 0.25) is 0 Å². The number of nitrogens with zero attached hydrogens (tertiary/aromatic N) is 3. The fourth-order valence-corrected chi connectivity index (χ4v) is 5.71. The van der Waals surface area contributed by atoms with E-state index in [-0.39, 0.29) is 22.3 Å². The largest absolute Gasteiger partial charge is 0.381 e. The van der Waals surface area contributed by atoms with Gasteiger partial charge in [-0.1, -0.05) is 20.8 Å². The van der Waals surface area contributed by atoms with Crippen LogP contribution < -0.4 is 5.32 Å². The summed E-state index contributed by atoms with van der Waals surface area (Å²) in [4.78, 5) is 17.3. The molecule has 1 saturated carbocycles. The molecule has 5 rings (SSSR count). The summed E-state index contributed by atoms with van der Waals surface area (Å²) >= 11 is 0. The molecule has 2 aromatic heterocycles. The first-order valence-electron chi connectivity index (χ1n) is 12.0. The summed E-state index contributed by atoms with van der Waals surface area (Å²) in [6.07, 6.45) is 6.78. The molecule has 1 aromatic carbocycles. The van der Waals surface area contributed by atoms with E-state index in [1.165, 1.54) is 18.5 Å². The van der Waals surface area contributed by atoms with Crippen molar-refractivity contribution < 1.29 is 17.9 Å². The average Bonchev–Trinajstić information content (AvgIpc) is 3.32. The van der Waals surface area contributed by atoms with Gasteiger partial charge in [0, 0.05) is 43.6 Å². The lowest BCUT2D eigenvalue weighted by atomic mass is 9.94. The second-order valence-corrected chi connectivity index (χ2v) is 12.3. The van der Waals surface area contributed by atoms with Gasteiger partial charge < -0.3 is 14.6 Å². The quantitative estimate of drug-likeness (QED) is 0.576. The molecule has 2 fully saturated rings. The van der Waals surface area contributed by atoms with Crippen LogP contribution in [0.1, 0.15) is 62.6 Å². The summed E-state index contributed by atoms with van der Waals surface area (Å²) in [5.74, 6) is 1.22. The average molecular weight is 485 g/mol. The van der Waals surface area contributed by atoms with Gasteiger partial charge in [0.25, 0.3) is 15.9 Å². The Morgan fingerprint density at radius 2 is 1.88 bits per heavy atom. The number of hydrogen-bond donors (Lipinski definition) is 1. The molecule has 0 atom stereocenters. The fourth-order valence-electron chi connectivity index (χ4n) is 4.49. The highest BCUT2D eigenvalue weighted by atomic mass is 32.2. The van der Waals surface area contributed by atoms with Crippen LogP contribution in [-0.2, 0) is 26.7 Å². The zero-order valence-electron chi connectivity index (χ0n) is 20.0. The molecule has 1 amide bonds. The molecule has 1 N–H and O–H groups in total. The van der Waals surface area contributed by atoms with Gasteiger partial charge in [0.15, 0.2) is 0 Å². The molecule has 1 aliphatic carbocycles. The van der Waals surface area contributed by atoms with Crippen LogP contribution in [-0.4, -0.2) is 47.1 Å². The van der Waals surface area contributed by atoms with E-state index in [2.05, 4.69) is 30.7 Å². The minimum Gasteiger partial charge on any atom is -0.381 e. The first kappa shape index (κ1) is 23.1. The molecule has 0 radical (unpaired) electrons. The number of amides is 1. The minimum absolute atomic E-state index is 0.154. The van der Waals surface area contributed by atoms with E-state index in [0.29, 0.717) is 17.0 Å². The Kier molecular flexibility index (Phi) is 5.80. The molecular weight excluding hydrogens is 452 g/mol. The smallest absolute Gasteiger partial charge is 0.267 e. The molecule has 0 bridgehead atoms. The van der Waals surface area contributed by atoms with Crippen molar-refractivity contribution in [3.63, 3.8) is 0 Å². The number of ether oxygens (including phenoxy) is 1. The Hall–Kier alpha value is -2.65. The third-order valence-electron chi connectivity index (χ3n) is 6.59. The van der Waals surface area contributed by atoms with Gasteiger partial charge in [0.1, 0.15) is 5.82 Å². The SMILES string of the molecule is CC(C)(C)c1nc2cc(S(=O)(=O)n3ccc(C(=O)NC4CC4)c3)ccc2n1CC1CCOCC1. The predicted octanol–water partition coefficient (Wildman–Crippen LogP) is 3.69. The normalized spacial score (nSPS) is 17.9. The van der Waals surface area contributed by atoms with Crippen molar-refractivity contribution in [2.24, 2.45) is 5.92 Å². The molecule has 0 unspecified atom stereocenters. The van der Waals surface area contributed by atoms with E-state index in [4.69, 9.17) is 9.72 Å². The topological polar surface area (TPSA) is 95.2 Å². The van der Waals surface area contributed by atoms with E-state index >= 15 is 0 Å². The van der Waals surface area contributed by atoms with Crippen molar-refractivity contribution in [1.29, 1.82) is 0 Å². The van der Waals surface area contributed by atoms with Crippen LogP contribution in [0.3, 0.4) is 0 Å². The third kappa shape index (κ3) is 4.51. The van der Waals surface area contributed by atoms with Gasteiger partial charge in [-0.05, 0) is 55.9 Å². The van der Waals surface area contributed by atoms with E-state index < -0.39 is 10.0 Å². The molecular formula is C25H32N4O4S. The zero-order valence-corrected chi connectivity index (χ0v) is 20.8. The van der Waals surface area contributed by atoms with Crippen LogP contribution >= 0.6 is 0 Å². The van der Waals surface area contributed by atoms with Crippen LogP contribution in [0.25, 0.3) is 11.0 Å². The number of imidazole rings is 1. The number of nitrogens with one attached hydrogen (secondary N) is 1. The van der Waals surface area contributed by atoms with Crippen LogP contribution in [0.4, 0.5) is 0 Å². The van der Waals surface area contributed by atoms with Gasteiger partial charge >= 0.3 is 0 Å². The van der Waals surface area contributed by atoms with E-state index in [0.717, 1.165) is 60.8 Å². The Labute approximate surface area is 200 Å². The highest BCUT2D eigenvalue weighted by Crippen LogP contribution is 2.31. The summed E-state index contributed by atoms with van der Waals surface area (Å²) in [5, 5.41) is 2.89. The number of rotatable bonds is 6. The second-order valence-electron chi connectivity index (χ2n) is 10.5. The maximum absolute atomic E-state index is 13.3. The van der Waals surface area contributed by atoms with E-state index in [1.54, 1.807) is 12.1 Å². The van der Waals surface area contributed by atoms with Crippen molar-refractivity contribution >= 4 is 27.0 Å². The van der Waals surface area contributed by atoms with Gasteiger partial charge in [-0.25, -0.2) is 17.4 Å². The molecule has 1 saturated heterocycles. The molecule has 1 aliphatic heterocycles. The molecule has 3 heterocycles. The fraction of sp³-hybridized carbons (Fsp3) is 0.520. The molecule has 0 spiro atoms. The summed E-state index contributed by atoms with van der Waals surface area (Å²) in [6.45, 7) is 8.78. The Morgan fingerprint density at radius 1 is 1.15 bits per heavy atom. The van der Waals surface area contributed by atoms with Crippen LogP contribution in [0.5, 0.6) is 0 Å². The summed E-state index contributed by atoms with van der Waals surface area (Å²) < 4.78 is 35.5. The lowest BCUT2D eigenvalue weighted by molar-refractivity contribution is 0.0611. The molecule has 2 aliphatic rings. The maximum Gasteiger partial charge on any atom is 0.267 e. The van der Waals surface area contributed by atoms with Gasteiger partial charge in [0.05, 0.1) is 21.5 Å². The molecule has 34 heavy (non-hydrogen) atoms. The van der Waals surface area contributed by atoms with Crippen LogP contribution in [0.2, 0.25) is 0 Å². The third-order valence-corrected chi connectivity index (χ3v) is 8.22. The second kappa shape index (κ2) is 8.53. The summed E-state index contributed by atoms with van der Waals surface area (Å²) in [6, 6.07) is 6.88. The van der Waals surface area contributed by atoms with Crippen molar-refractivity contribution in [2.75, 3.05) is 13.2 Å². The number of hydrogen-bond acceptors (Lipinski definition) is 5. The van der Waals surface area contributed by atoms with E-state index in [9.17, 15) is 13.2 Å². The van der Waals surface area contributed by atoms with E-state index in [1.807, 2.05) is 6.07 Å². The number of benzene rings is 1. The first-order valence-corrected chi connectivity index (χ1v) is 13.4. The van der Waals surface area contributed by atoms with Crippen molar-refractivity contribution in [2.45, 2.75) is 69.4 Å². The molecule has 8 nitrogen and oxygen atoms in total. The van der Waals surface area contributed by atoms with Crippen LogP contribution in [0.15, 0.2) is 41.6 Å². The number of carbonyl (C=O) groups excluding carboxylic acids is 1. The zero-order chi connectivity index (χ0) is 24.1. The highest BCUT2D eigenvalue weighted by molar-refractivity contribution is 7.90. The lowest BCUT2D eigenvalue weighted by Gasteiger charge is -2.26. The van der Waals surface area contributed by atoms with Gasteiger partial charge in [-0.15, -0.1) is 0 Å². The van der Waals surface area contributed by atoms with Gasteiger partial charge in [-0.3, -0.25) is 4.79 Å². The lowest BCUT2D eigenvalue weighted by Crippen LogP contribution is -2.25. The van der Waals surface area contributed by atoms with Crippen molar-refractivity contribution in [1.82, 2.24) is 18.8 Å². The van der Waals surface area contributed by atoms with Crippen LogP contribution in [0, 0.1) is 5.92 Å². The maximum atomic E-state index is 13.3. The Bertz CT molecular complexity index is 1320. The first-order chi connectivity index (χ1) is 16.1. The summed E-state index contributed by atoms with van der Waals surface area (Å²) in [7, 11) is -3.85. The molecule has 9 heteroatoms. The highest BCUT2D eigenvalue weighted by Gasteiger charge is 2.28. The number of fused-ring (bicyclic) bond motifs is 1. The Morgan fingerprint density at radius 3 is 2.56 bits per heavy atom. The number of carbonyl (C=O) groups is 1. The summed E-state index contributed by atoms with van der Waals surface area (Å²) in [5.41, 5.74) is 1.75. The predicted molar refractivity (Wildman–Crippen MR) is 129 cm³/mol. The van der Waals surface area contributed by atoms with Crippen molar-refractivity contribution in [3.05, 3.63) is 48.0 Å². The standard InChI is InChI=1S/C25H32N4O4S/c1-25(2,3)24-27-21-14-20(6-7-22(21)29(24)15-17-9-12-33-13-10-17)34(31,32)28-11-8-18(16-28)23(30)26-19-4-5-19/h6-8,11,14,16-17,19H,4-5,9-10,12-13,15H2,1-3H3,(H,26,30).